The zero-order valence-electron chi connectivity index (χ0n) is 8.30. The molecule has 0 saturated heterocycles. The molecule has 1 aliphatic rings. The van der Waals surface area contributed by atoms with Crippen LogP contribution in [0.3, 0.4) is 0 Å². The first-order chi connectivity index (χ1) is 7.15. The second-order valence-electron chi connectivity index (χ2n) is 4.25. The largest absolute Gasteiger partial charge is 0.303 e. The van der Waals surface area contributed by atoms with E-state index in [4.69, 9.17) is 0 Å². The van der Waals surface area contributed by atoms with Gasteiger partial charge in [0.1, 0.15) is 12.1 Å². The topological polar surface area (TPSA) is 17.1 Å². The minimum atomic E-state index is -0.290. The third-order valence-corrected chi connectivity index (χ3v) is 3.64. The lowest BCUT2D eigenvalue weighted by Gasteiger charge is -2.36. The van der Waals surface area contributed by atoms with Crippen LogP contribution in [0.2, 0.25) is 0 Å². The smallest absolute Gasteiger partial charge is 0.126 e. The highest BCUT2D eigenvalue weighted by atomic mass is 79.9. The van der Waals surface area contributed by atoms with E-state index in [1.165, 1.54) is 6.07 Å². The quantitative estimate of drug-likeness (QED) is 0.769. The van der Waals surface area contributed by atoms with E-state index in [2.05, 4.69) is 15.9 Å². The highest BCUT2D eigenvalue weighted by Crippen LogP contribution is 2.42. The second kappa shape index (κ2) is 4.05. The van der Waals surface area contributed by atoms with Gasteiger partial charge < -0.3 is 4.79 Å². The summed E-state index contributed by atoms with van der Waals surface area (Å²) in [7, 11) is 0. The van der Waals surface area contributed by atoms with Crippen molar-refractivity contribution in [3.05, 3.63) is 34.1 Å². The average molecular weight is 271 g/mol. The van der Waals surface area contributed by atoms with Crippen LogP contribution < -0.4 is 0 Å². The number of aldehydes is 1. The van der Waals surface area contributed by atoms with Crippen LogP contribution in [0.1, 0.15) is 24.8 Å². The second-order valence-corrected chi connectivity index (χ2v) is 5.16. The van der Waals surface area contributed by atoms with Crippen LogP contribution in [0.4, 0.5) is 4.39 Å². The van der Waals surface area contributed by atoms with E-state index < -0.39 is 0 Å². The molecule has 0 heterocycles. The third-order valence-electron chi connectivity index (χ3n) is 3.15. The molecule has 2 rings (SSSR count). The molecule has 0 bridgehead atoms. The maximum Gasteiger partial charge on any atom is 0.126 e. The lowest BCUT2D eigenvalue weighted by Crippen LogP contribution is -2.33. The SMILES string of the molecule is O=CC1(Cc2cc(Br)ccc2F)CCC1. The van der Waals surface area contributed by atoms with Crippen LogP contribution in [0.25, 0.3) is 0 Å². The molecule has 1 aromatic rings. The van der Waals surface area contributed by atoms with Crippen molar-refractivity contribution in [3.8, 4) is 0 Å². The van der Waals surface area contributed by atoms with Crippen molar-refractivity contribution >= 4 is 22.2 Å². The number of rotatable bonds is 3. The molecule has 0 spiro atoms. The van der Waals surface area contributed by atoms with Gasteiger partial charge in [-0.25, -0.2) is 4.39 Å². The predicted octanol–water partition coefficient (Wildman–Crippen LogP) is 3.50. The molecule has 1 aliphatic carbocycles. The summed E-state index contributed by atoms with van der Waals surface area (Å²) in [6.45, 7) is 0. The molecule has 1 aromatic carbocycles. The fourth-order valence-corrected chi connectivity index (χ4v) is 2.43. The Hall–Kier alpha value is -0.700. The summed E-state index contributed by atoms with van der Waals surface area (Å²) in [6, 6.07) is 4.88. The molecule has 80 valence electrons. The summed E-state index contributed by atoms with van der Waals surface area (Å²) in [4.78, 5) is 11.0. The van der Waals surface area contributed by atoms with Crippen molar-refractivity contribution in [3.63, 3.8) is 0 Å². The van der Waals surface area contributed by atoms with Gasteiger partial charge in [0.15, 0.2) is 0 Å². The Morgan fingerprint density at radius 3 is 2.73 bits per heavy atom. The van der Waals surface area contributed by atoms with Crippen LogP contribution in [0, 0.1) is 11.2 Å². The number of benzene rings is 1. The van der Waals surface area contributed by atoms with Crippen molar-refractivity contribution in [2.45, 2.75) is 25.7 Å². The molecular formula is C12H12BrFO. The monoisotopic (exact) mass is 270 g/mol. The first kappa shape index (κ1) is 10.8. The van der Waals surface area contributed by atoms with Gasteiger partial charge in [-0.3, -0.25) is 0 Å². The number of hydrogen-bond donors (Lipinski definition) is 0. The Morgan fingerprint density at radius 2 is 2.20 bits per heavy atom. The highest BCUT2D eigenvalue weighted by molar-refractivity contribution is 9.10. The van der Waals surface area contributed by atoms with E-state index in [-0.39, 0.29) is 11.2 Å². The molecule has 1 nitrogen and oxygen atoms in total. The molecule has 1 saturated carbocycles. The minimum absolute atomic E-state index is 0.216. The van der Waals surface area contributed by atoms with E-state index in [1.54, 1.807) is 12.1 Å². The van der Waals surface area contributed by atoms with Gasteiger partial charge in [-0.2, -0.15) is 0 Å². The zero-order chi connectivity index (χ0) is 10.9. The van der Waals surface area contributed by atoms with Gasteiger partial charge >= 0.3 is 0 Å². The molecule has 0 aliphatic heterocycles. The van der Waals surface area contributed by atoms with Gasteiger partial charge in [-0.15, -0.1) is 0 Å². The van der Waals surface area contributed by atoms with Crippen LogP contribution in [-0.4, -0.2) is 6.29 Å². The molecule has 15 heavy (non-hydrogen) atoms. The van der Waals surface area contributed by atoms with E-state index in [0.717, 1.165) is 30.0 Å². The fourth-order valence-electron chi connectivity index (χ4n) is 2.03. The molecular weight excluding hydrogens is 259 g/mol. The molecule has 0 N–H and O–H groups in total. The summed E-state index contributed by atoms with van der Waals surface area (Å²) >= 11 is 3.31. The Balaban J connectivity index is 2.23. The molecule has 0 amide bonds. The van der Waals surface area contributed by atoms with Crippen LogP contribution >= 0.6 is 15.9 Å². The van der Waals surface area contributed by atoms with Crippen LogP contribution in [-0.2, 0) is 11.2 Å². The Bertz CT molecular complexity index is 385. The molecule has 0 atom stereocenters. The van der Waals surface area contributed by atoms with Crippen LogP contribution in [0.15, 0.2) is 22.7 Å². The van der Waals surface area contributed by atoms with Crippen molar-refractivity contribution in [1.29, 1.82) is 0 Å². The number of carbonyl (C=O) groups is 1. The summed E-state index contributed by atoms with van der Waals surface area (Å²) < 4.78 is 14.3. The van der Waals surface area contributed by atoms with Gasteiger partial charge in [0.25, 0.3) is 0 Å². The Labute approximate surface area is 96.8 Å². The summed E-state index contributed by atoms with van der Waals surface area (Å²) in [6.07, 6.45) is 4.39. The van der Waals surface area contributed by atoms with Crippen molar-refractivity contribution < 1.29 is 9.18 Å². The van der Waals surface area contributed by atoms with E-state index in [0.29, 0.717) is 12.0 Å². The minimum Gasteiger partial charge on any atom is -0.303 e. The summed E-state index contributed by atoms with van der Waals surface area (Å²) in [5.41, 5.74) is 0.345. The molecule has 0 radical (unpaired) electrons. The maximum atomic E-state index is 13.5. The number of halogens is 2. The third kappa shape index (κ3) is 2.12. The van der Waals surface area contributed by atoms with Gasteiger partial charge in [-0.05, 0) is 43.0 Å². The Morgan fingerprint density at radius 1 is 1.47 bits per heavy atom. The fraction of sp³-hybridized carbons (Fsp3) is 0.417. The number of hydrogen-bond acceptors (Lipinski definition) is 1. The molecule has 1 fully saturated rings. The normalized spacial score (nSPS) is 18.3. The standard InChI is InChI=1S/C12H12BrFO/c13-10-2-3-11(14)9(6-10)7-12(8-15)4-1-5-12/h2-3,6,8H,1,4-5,7H2. The lowest BCUT2D eigenvalue weighted by atomic mass is 9.66. The maximum absolute atomic E-state index is 13.5. The average Bonchev–Trinajstić information content (AvgIpc) is 2.17. The van der Waals surface area contributed by atoms with Crippen molar-refractivity contribution in [1.82, 2.24) is 0 Å². The van der Waals surface area contributed by atoms with E-state index in [9.17, 15) is 9.18 Å². The summed E-state index contributed by atoms with van der Waals surface area (Å²) in [5.74, 6) is -0.216. The lowest BCUT2D eigenvalue weighted by molar-refractivity contribution is -0.120. The van der Waals surface area contributed by atoms with Crippen molar-refractivity contribution in [2.75, 3.05) is 0 Å². The van der Waals surface area contributed by atoms with Gasteiger partial charge in [0.05, 0.1) is 0 Å². The molecule has 3 heteroatoms. The molecule has 0 unspecified atom stereocenters. The van der Waals surface area contributed by atoms with Crippen molar-refractivity contribution in [2.24, 2.45) is 5.41 Å². The first-order valence-corrected chi connectivity index (χ1v) is 5.85. The van der Waals surface area contributed by atoms with Gasteiger partial charge in [-0.1, -0.05) is 22.4 Å². The number of carbonyl (C=O) groups excluding carboxylic acids is 1. The summed E-state index contributed by atoms with van der Waals surface area (Å²) in [5, 5.41) is 0. The zero-order valence-corrected chi connectivity index (χ0v) is 9.89. The van der Waals surface area contributed by atoms with Gasteiger partial charge in [0.2, 0.25) is 0 Å². The van der Waals surface area contributed by atoms with E-state index in [1.807, 2.05) is 0 Å². The predicted molar refractivity (Wildman–Crippen MR) is 60.2 cm³/mol. The highest BCUT2D eigenvalue weighted by Gasteiger charge is 2.37. The van der Waals surface area contributed by atoms with Crippen LogP contribution in [0.5, 0.6) is 0 Å². The van der Waals surface area contributed by atoms with Gasteiger partial charge in [0, 0.05) is 9.89 Å². The Kier molecular flexibility index (Phi) is 2.91. The van der Waals surface area contributed by atoms with E-state index >= 15 is 0 Å². The first-order valence-electron chi connectivity index (χ1n) is 5.05. The molecule has 0 aromatic heterocycles.